The highest BCUT2D eigenvalue weighted by Gasteiger charge is 2.08. The molecule has 1 N–H and O–H groups in total. The second kappa shape index (κ2) is 12.5. The van der Waals surface area contributed by atoms with E-state index >= 15 is 0 Å². The van der Waals surface area contributed by atoms with Crippen molar-refractivity contribution in [1.82, 2.24) is 5.32 Å². The fourth-order valence-electron chi connectivity index (χ4n) is 3.25. The normalized spacial score (nSPS) is 10.7. The van der Waals surface area contributed by atoms with Crippen LogP contribution in [-0.4, -0.2) is 13.0 Å². The molecule has 0 fully saturated rings. The zero-order valence-electron chi connectivity index (χ0n) is 17.1. The van der Waals surface area contributed by atoms with Gasteiger partial charge in [0.2, 0.25) is 5.91 Å². The zero-order valence-corrected chi connectivity index (χ0v) is 17.9. The Morgan fingerprint density at radius 1 is 0.964 bits per heavy atom. The van der Waals surface area contributed by atoms with Gasteiger partial charge in [0.1, 0.15) is 5.75 Å². The van der Waals surface area contributed by atoms with Gasteiger partial charge in [-0.25, -0.2) is 0 Å². The van der Waals surface area contributed by atoms with Crippen molar-refractivity contribution in [3.05, 3.63) is 53.1 Å². The first kappa shape index (κ1) is 22.3. The molecule has 0 aliphatic carbocycles. The Morgan fingerprint density at radius 2 is 1.64 bits per heavy atom. The van der Waals surface area contributed by atoms with Crippen molar-refractivity contribution in [2.24, 2.45) is 0 Å². The molecule has 0 saturated carbocycles. The van der Waals surface area contributed by atoms with Crippen molar-refractivity contribution in [3.63, 3.8) is 0 Å². The van der Waals surface area contributed by atoms with Crippen molar-refractivity contribution in [2.45, 2.75) is 64.8 Å². The Balaban J connectivity index is 1.83. The average Bonchev–Trinajstić information content (AvgIpc) is 2.72. The molecule has 0 saturated heterocycles. The number of ether oxygens (including phenoxy) is 1. The van der Waals surface area contributed by atoms with Crippen LogP contribution in [0, 0.1) is 0 Å². The molecule has 3 nitrogen and oxygen atoms in total. The number of hydrogen-bond donors (Lipinski definition) is 1. The van der Waals surface area contributed by atoms with Gasteiger partial charge in [0.05, 0.1) is 7.11 Å². The third-order valence-corrected chi connectivity index (χ3v) is 5.17. The number of halogens is 1. The van der Waals surface area contributed by atoms with Crippen molar-refractivity contribution in [3.8, 4) is 16.9 Å². The molecule has 0 radical (unpaired) electrons. The number of unbranched alkanes of at least 4 members (excludes halogenated alkanes) is 6. The molecule has 2 aromatic carbocycles. The van der Waals surface area contributed by atoms with Gasteiger partial charge in [-0.3, -0.25) is 4.79 Å². The Labute approximate surface area is 174 Å². The molecule has 28 heavy (non-hydrogen) atoms. The minimum atomic E-state index is 0.123. The molecule has 2 rings (SSSR count). The highest BCUT2D eigenvalue weighted by atomic mass is 35.5. The first-order valence-corrected chi connectivity index (χ1v) is 10.7. The van der Waals surface area contributed by atoms with E-state index < -0.39 is 0 Å². The Morgan fingerprint density at radius 3 is 2.32 bits per heavy atom. The number of methoxy groups -OCH3 is 1. The van der Waals surface area contributed by atoms with Gasteiger partial charge >= 0.3 is 0 Å². The number of nitrogens with one attached hydrogen (secondary N) is 1. The van der Waals surface area contributed by atoms with E-state index in [1.807, 2.05) is 36.4 Å². The largest absolute Gasteiger partial charge is 0.496 e. The van der Waals surface area contributed by atoms with Gasteiger partial charge in [0.15, 0.2) is 0 Å². The molecular formula is C24H32ClNO2. The first-order valence-electron chi connectivity index (χ1n) is 10.3. The van der Waals surface area contributed by atoms with E-state index in [2.05, 4.69) is 18.3 Å². The van der Waals surface area contributed by atoms with Crippen molar-refractivity contribution in [2.75, 3.05) is 7.11 Å². The second-order valence-electron chi connectivity index (χ2n) is 7.19. The fourth-order valence-corrected chi connectivity index (χ4v) is 3.38. The van der Waals surface area contributed by atoms with Gasteiger partial charge in [0, 0.05) is 23.6 Å². The second-order valence-corrected chi connectivity index (χ2v) is 7.63. The van der Waals surface area contributed by atoms with E-state index in [0.717, 1.165) is 35.3 Å². The molecule has 0 bridgehead atoms. The maximum atomic E-state index is 12.1. The molecule has 0 aromatic heterocycles. The fraction of sp³-hybridized carbons (Fsp3) is 0.458. The van der Waals surface area contributed by atoms with Crippen LogP contribution in [0.4, 0.5) is 0 Å². The van der Waals surface area contributed by atoms with Crippen LogP contribution in [0.3, 0.4) is 0 Å². The van der Waals surface area contributed by atoms with Crippen LogP contribution in [0.5, 0.6) is 5.75 Å². The van der Waals surface area contributed by atoms with E-state index in [-0.39, 0.29) is 5.91 Å². The minimum absolute atomic E-state index is 0.123. The van der Waals surface area contributed by atoms with Crippen molar-refractivity contribution < 1.29 is 9.53 Å². The standard InChI is InChI=1S/C24H32ClNO2/c1-3-4-5-6-7-8-9-10-24(27)26-18-19-11-16-23(28-2)22(17-19)20-12-14-21(25)15-13-20/h11-17H,3-10,18H2,1-2H3,(H,26,27). The average molecular weight is 402 g/mol. The van der Waals surface area contributed by atoms with Crippen LogP contribution in [0.25, 0.3) is 11.1 Å². The number of benzene rings is 2. The molecule has 0 aliphatic heterocycles. The molecule has 0 atom stereocenters. The lowest BCUT2D eigenvalue weighted by molar-refractivity contribution is -0.121. The summed E-state index contributed by atoms with van der Waals surface area (Å²) in [4.78, 5) is 12.1. The van der Waals surface area contributed by atoms with Gasteiger partial charge in [-0.05, 0) is 41.8 Å². The highest BCUT2D eigenvalue weighted by Crippen LogP contribution is 2.31. The maximum absolute atomic E-state index is 12.1. The Hall–Kier alpha value is -2.00. The summed E-state index contributed by atoms with van der Waals surface area (Å²) in [6.45, 7) is 2.76. The number of carbonyl (C=O) groups excluding carboxylic acids is 1. The molecule has 2 aromatic rings. The SMILES string of the molecule is CCCCCCCCCC(=O)NCc1ccc(OC)c(-c2ccc(Cl)cc2)c1. The summed E-state index contributed by atoms with van der Waals surface area (Å²) in [6, 6.07) is 13.7. The lowest BCUT2D eigenvalue weighted by Gasteiger charge is -2.12. The minimum Gasteiger partial charge on any atom is -0.496 e. The Kier molecular flexibility index (Phi) is 9.92. The molecule has 152 valence electrons. The molecule has 0 spiro atoms. The zero-order chi connectivity index (χ0) is 20.2. The summed E-state index contributed by atoms with van der Waals surface area (Å²) >= 11 is 5.99. The van der Waals surface area contributed by atoms with E-state index in [4.69, 9.17) is 16.3 Å². The summed E-state index contributed by atoms with van der Waals surface area (Å²) in [5, 5.41) is 3.74. The predicted octanol–water partition coefficient (Wildman–Crippen LogP) is 6.77. The third-order valence-electron chi connectivity index (χ3n) is 4.92. The monoisotopic (exact) mass is 401 g/mol. The molecule has 0 heterocycles. The van der Waals surface area contributed by atoms with Crippen LogP contribution >= 0.6 is 11.6 Å². The smallest absolute Gasteiger partial charge is 0.220 e. The Bertz CT molecular complexity index is 728. The van der Waals surface area contributed by atoms with Gasteiger partial charge < -0.3 is 10.1 Å². The number of hydrogen-bond acceptors (Lipinski definition) is 2. The molecule has 1 amide bonds. The van der Waals surface area contributed by atoms with Crippen LogP contribution < -0.4 is 10.1 Å². The third kappa shape index (κ3) is 7.55. The summed E-state index contributed by atoms with van der Waals surface area (Å²) in [5.41, 5.74) is 3.09. The lowest BCUT2D eigenvalue weighted by atomic mass is 10.0. The number of carbonyl (C=O) groups is 1. The highest BCUT2D eigenvalue weighted by molar-refractivity contribution is 6.30. The number of amides is 1. The van der Waals surface area contributed by atoms with E-state index in [0.29, 0.717) is 18.0 Å². The van der Waals surface area contributed by atoms with Crippen LogP contribution in [0.2, 0.25) is 5.02 Å². The van der Waals surface area contributed by atoms with E-state index in [1.165, 1.54) is 32.1 Å². The van der Waals surface area contributed by atoms with E-state index in [9.17, 15) is 4.79 Å². The maximum Gasteiger partial charge on any atom is 0.220 e. The quantitative estimate of drug-likeness (QED) is 0.398. The van der Waals surface area contributed by atoms with Gasteiger partial charge in [-0.2, -0.15) is 0 Å². The van der Waals surface area contributed by atoms with Crippen molar-refractivity contribution in [1.29, 1.82) is 0 Å². The number of rotatable bonds is 12. The summed E-state index contributed by atoms with van der Waals surface area (Å²) in [6.07, 6.45) is 9.14. The van der Waals surface area contributed by atoms with Crippen LogP contribution in [0.15, 0.2) is 42.5 Å². The van der Waals surface area contributed by atoms with Gasteiger partial charge in [-0.1, -0.05) is 75.2 Å². The summed E-state index contributed by atoms with van der Waals surface area (Å²) in [7, 11) is 1.67. The molecule has 4 heteroatoms. The van der Waals surface area contributed by atoms with Crippen LogP contribution in [-0.2, 0) is 11.3 Å². The van der Waals surface area contributed by atoms with E-state index in [1.54, 1.807) is 7.11 Å². The first-order chi connectivity index (χ1) is 13.6. The van der Waals surface area contributed by atoms with Gasteiger partial charge in [0.25, 0.3) is 0 Å². The lowest BCUT2D eigenvalue weighted by Crippen LogP contribution is -2.22. The van der Waals surface area contributed by atoms with Gasteiger partial charge in [-0.15, -0.1) is 0 Å². The summed E-state index contributed by atoms with van der Waals surface area (Å²) < 4.78 is 5.49. The molecule has 0 aliphatic rings. The topological polar surface area (TPSA) is 38.3 Å². The van der Waals surface area contributed by atoms with Crippen LogP contribution in [0.1, 0.15) is 63.9 Å². The van der Waals surface area contributed by atoms with Crippen molar-refractivity contribution >= 4 is 17.5 Å². The summed E-state index contributed by atoms with van der Waals surface area (Å²) in [5.74, 6) is 0.929. The molecular weight excluding hydrogens is 370 g/mol. The molecule has 0 unspecified atom stereocenters. The predicted molar refractivity (Wildman–Crippen MR) is 118 cm³/mol.